The Labute approximate surface area is 378 Å². The SMILES string of the molecule is COc1ccc2c(O[C@@H]3C[C@H]4C(=O)N[C@]5(C(=O)O)CC5/C=C\CCCCC[C@H](NC(=O)NC(CN5CCN(C)S5(=O)=O)C(C)(C)C)C(=O)N4C3)cc(-c3csc(NC(C)C)n3)nc2c1. The van der Waals surface area contributed by atoms with Crippen LogP contribution in [-0.2, 0) is 24.6 Å². The van der Waals surface area contributed by atoms with E-state index in [4.69, 9.17) is 19.4 Å². The number of allylic oxidation sites excluding steroid dienone is 1. The molecule has 20 heteroatoms. The standard InChI is InChI=1S/C44H61N9O9S2/c1-26(2)45-42-48-34(25-63-42)33-21-36(30-16-15-28(61-7)19-32(30)46-33)62-29-20-35-38(54)50-44(40(56)57)22-27(44)13-11-9-8-10-12-14-31(39(55)53(35)23-29)47-41(58)49-37(43(3,4)5)24-52-18-17-51(6)64(52,59)60/h11,13,15-16,19,21,25-27,29,31,35,37H,8-10,12,14,17-18,20,22-24H2,1-7H3,(H,45,48)(H,50,54)(H,56,57)(H2,47,49,58)/b13-11-/t27?,29-,31+,35+,37?,44-/m1/s1. The maximum absolute atomic E-state index is 14.9. The number of methoxy groups -OCH3 is 1. The number of fused-ring (bicyclic) bond motifs is 3. The van der Waals surface area contributed by atoms with Gasteiger partial charge in [0.05, 0.1) is 24.9 Å². The van der Waals surface area contributed by atoms with Gasteiger partial charge in [0, 0.05) is 74.0 Å². The van der Waals surface area contributed by atoms with Crippen molar-refractivity contribution in [3.63, 3.8) is 0 Å². The van der Waals surface area contributed by atoms with Crippen LogP contribution in [0.2, 0.25) is 0 Å². The first kappa shape index (κ1) is 46.9. The number of benzene rings is 1. The van der Waals surface area contributed by atoms with Gasteiger partial charge in [0.25, 0.3) is 10.2 Å². The average Bonchev–Trinajstić information content (AvgIpc) is 3.46. The Bertz CT molecular complexity index is 2390. The first-order valence-corrected chi connectivity index (χ1v) is 24.3. The largest absolute Gasteiger partial charge is 0.497 e. The van der Waals surface area contributed by atoms with Crippen LogP contribution in [0.5, 0.6) is 11.5 Å². The molecule has 4 aliphatic rings. The Morgan fingerprint density at radius 1 is 1.09 bits per heavy atom. The Balaban J connectivity index is 1.19. The van der Waals surface area contributed by atoms with Crippen molar-refractivity contribution in [3.8, 4) is 22.9 Å². The predicted molar refractivity (Wildman–Crippen MR) is 243 cm³/mol. The number of carboxylic acid groups (broad SMARTS) is 1. The van der Waals surface area contributed by atoms with Crippen molar-refractivity contribution in [1.82, 2.24) is 39.4 Å². The van der Waals surface area contributed by atoms with E-state index in [1.165, 1.54) is 31.9 Å². The van der Waals surface area contributed by atoms with E-state index in [2.05, 4.69) is 21.3 Å². The van der Waals surface area contributed by atoms with Crippen LogP contribution < -0.4 is 30.7 Å². The Kier molecular flexibility index (Phi) is 13.8. The monoisotopic (exact) mass is 923 g/mol. The first-order chi connectivity index (χ1) is 30.3. The van der Waals surface area contributed by atoms with Crippen LogP contribution in [0.3, 0.4) is 0 Å². The van der Waals surface area contributed by atoms with Crippen LogP contribution in [0, 0.1) is 11.3 Å². The quantitative estimate of drug-likeness (QED) is 0.167. The molecule has 5 N–H and O–H groups in total. The second kappa shape index (κ2) is 18.8. The number of aromatic nitrogens is 2. The van der Waals surface area contributed by atoms with Crippen molar-refractivity contribution < 1.29 is 42.2 Å². The molecule has 3 fully saturated rings. The van der Waals surface area contributed by atoms with Crippen LogP contribution >= 0.6 is 11.3 Å². The van der Waals surface area contributed by atoms with Gasteiger partial charge in [0.2, 0.25) is 11.8 Å². The van der Waals surface area contributed by atoms with E-state index in [0.717, 1.165) is 18.0 Å². The molecule has 5 heterocycles. The highest BCUT2D eigenvalue weighted by molar-refractivity contribution is 7.87. The van der Waals surface area contributed by atoms with Gasteiger partial charge in [-0.05, 0) is 57.1 Å². The maximum atomic E-state index is 14.9. The van der Waals surface area contributed by atoms with Crippen molar-refractivity contribution in [3.05, 3.63) is 41.8 Å². The molecule has 3 aliphatic heterocycles. The lowest BCUT2D eigenvalue weighted by Gasteiger charge is -2.35. The number of nitrogens with zero attached hydrogens (tertiary/aromatic N) is 5. The lowest BCUT2D eigenvalue weighted by atomic mass is 9.86. The number of anilines is 1. The summed E-state index contributed by atoms with van der Waals surface area (Å²) >= 11 is 1.45. The van der Waals surface area contributed by atoms with E-state index >= 15 is 0 Å². The molecule has 6 atom stereocenters. The van der Waals surface area contributed by atoms with Gasteiger partial charge in [-0.1, -0.05) is 45.8 Å². The minimum atomic E-state index is -3.68. The van der Waals surface area contributed by atoms with Crippen molar-refractivity contribution in [1.29, 1.82) is 0 Å². The summed E-state index contributed by atoms with van der Waals surface area (Å²) in [5.41, 5.74) is -0.330. The molecule has 2 unspecified atom stereocenters. The molecule has 0 bridgehead atoms. The number of carbonyl (C=O) groups excluding carboxylic acids is 3. The number of thiazole rings is 1. The van der Waals surface area contributed by atoms with Gasteiger partial charge in [0.15, 0.2) is 5.13 Å². The van der Waals surface area contributed by atoms with Crippen molar-refractivity contribution >= 4 is 61.4 Å². The fourth-order valence-corrected chi connectivity index (χ4v) is 10.7. The number of urea groups is 1. The smallest absolute Gasteiger partial charge is 0.330 e. The summed E-state index contributed by atoms with van der Waals surface area (Å²) in [6.45, 7) is 10.4. The van der Waals surface area contributed by atoms with E-state index < -0.39 is 75.1 Å². The number of amides is 4. The molecule has 64 heavy (non-hydrogen) atoms. The molecule has 2 saturated heterocycles. The minimum absolute atomic E-state index is 0.0337. The highest BCUT2D eigenvalue weighted by atomic mass is 32.2. The van der Waals surface area contributed by atoms with E-state index in [9.17, 15) is 32.7 Å². The van der Waals surface area contributed by atoms with Crippen LogP contribution in [0.15, 0.2) is 41.8 Å². The van der Waals surface area contributed by atoms with Gasteiger partial charge in [-0.3, -0.25) is 9.59 Å². The van der Waals surface area contributed by atoms with Gasteiger partial charge >= 0.3 is 12.0 Å². The zero-order chi connectivity index (χ0) is 46.1. The van der Waals surface area contributed by atoms with E-state index in [0.29, 0.717) is 53.2 Å². The third kappa shape index (κ3) is 10.2. The van der Waals surface area contributed by atoms with Crippen LogP contribution in [0.4, 0.5) is 9.93 Å². The fourth-order valence-electron chi connectivity index (χ4n) is 8.53. The van der Waals surface area contributed by atoms with Gasteiger partial charge in [-0.15, -0.1) is 11.3 Å². The van der Waals surface area contributed by atoms with Crippen LogP contribution in [-0.4, -0.2) is 137 Å². The zero-order valence-corrected chi connectivity index (χ0v) is 39.2. The summed E-state index contributed by atoms with van der Waals surface area (Å²) in [5, 5.41) is 25.7. The molecular formula is C44H61N9O9S2. The molecule has 3 aromatic rings. The molecule has 348 valence electrons. The number of ether oxygens (including phenoxy) is 2. The predicted octanol–water partition coefficient (Wildman–Crippen LogP) is 4.59. The lowest BCUT2D eigenvalue weighted by Crippen LogP contribution is -2.59. The van der Waals surface area contributed by atoms with Crippen molar-refractivity contribution in [2.24, 2.45) is 11.3 Å². The number of likely N-dealkylation sites (N-methyl/N-ethyl adjacent to an activating group) is 1. The molecular weight excluding hydrogens is 863 g/mol. The van der Waals surface area contributed by atoms with E-state index in [1.807, 2.05) is 58.2 Å². The van der Waals surface area contributed by atoms with Crippen LogP contribution in [0.1, 0.15) is 79.6 Å². The molecule has 4 amide bonds. The summed E-state index contributed by atoms with van der Waals surface area (Å²) in [7, 11) is -0.602. The molecule has 1 saturated carbocycles. The summed E-state index contributed by atoms with van der Waals surface area (Å²) in [5.74, 6) is -1.66. The Morgan fingerprint density at radius 3 is 2.56 bits per heavy atom. The third-order valence-corrected chi connectivity index (χ3v) is 15.2. The molecule has 1 aromatic carbocycles. The lowest BCUT2D eigenvalue weighted by molar-refractivity contribution is -0.145. The Morgan fingerprint density at radius 2 is 1.88 bits per heavy atom. The van der Waals surface area contributed by atoms with Crippen molar-refractivity contribution in [2.75, 3.05) is 45.7 Å². The molecule has 2 aromatic heterocycles. The number of rotatable bonds is 11. The second-order valence-corrected chi connectivity index (χ2v) is 21.5. The van der Waals surface area contributed by atoms with Gasteiger partial charge in [-0.25, -0.2) is 19.6 Å². The normalized spacial score (nSPS) is 26.5. The topological polar surface area (TPSA) is 225 Å². The van der Waals surface area contributed by atoms with Crippen molar-refractivity contribution in [2.45, 2.75) is 115 Å². The van der Waals surface area contributed by atoms with Crippen LogP contribution in [0.25, 0.3) is 22.3 Å². The van der Waals surface area contributed by atoms with Gasteiger partial charge in [0.1, 0.15) is 40.9 Å². The number of hydrogen-bond acceptors (Lipinski definition) is 12. The highest BCUT2D eigenvalue weighted by Crippen LogP contribution is 2.45. The highest BCUT2D eigenvalue weighted by Gasteiger charge is 2.61. The zero-order valence-electron chi connectivity index (χ0n) is 37.5. The first-order valence-electron chi connectivity index (χ1n) is 22.0. The second-order valence-electron chi connectivity index (χ2n) is 18.6. The van der Waals surface area contributed by atoms with Gasteiger partial charge < -0.3 is 40.7 Å². The number of carbonyl (C=O) groups is 4. The molecule has 0 spiro atoms. The molecule has 0 radical (unpaired) electrons. The summed E-state index contributed by atoms with van der Waals surface area (Å²) in [6, 6.07) is 3.89. The number of hydrogen-bond donors (Lipinski definition) is 5. The number of carboxylic acids is 1. The minimum Gasteiger partial charge on any atom is -0.497 e. The van der Waals surface area contributed by atoms with E-state index in [1.54, 1.807) is 25.3 Å². The average molecular weight is 924 g/mol. The summed E-state index contributed by atoms with van der Waals surface area (Å²) < 4.78 is 40.9. The summed E-state index contributed by atoms with van der Waals surface area (Å²) in [6.07, 6.45) is 6.38. The Hall–Kier alpha value is -5.05. The number of pyridine rings is 1. The van der Waals surface area contributed by atoms with Gasteiger partial charge in [-0.2, -0.15) is 17.0 Å². The third-order valence-electron chi connectivity index (χ3n) is 12.5. The maximum Gasteiger partial charge on any atom is 0.330 e. The molecule has 1 aliphatic carbocycles. The van der Waals surface area contributed by atoms with E-state index in [-0.39, 0.29) is 44.9 Å². The molecule has 7 rings (SSSR count). The fraction of sp³-hybridized carbons (Fsp3) is 0.591. The number of aliphatic carboxylic acids is 1. The molecule has 18 nitrogen and oxygen atoms in total. The number of nitrogens with one attached hydrogen (secondary N) is 4. The summed E-state index contributed by atoms with van der Waals surface area (Å²) in [4.78, 5) is 67.1.